The Morgan fingerprint density at radius 3 is 2.75 bits per heavy atom. The minimum atomic E-state index is -0.140. The Kier molecular flexibility index (Phi) is 3.19. The van der Waals surface area contributed by atoms with Crippen molar-refractivity contribution in [3.8, 4) is 0 Å². The third-order valence-corrected chi connectivity index (χ3v) is 4.64. The number of hydrogen-bond donors (Lipinski definition) is 1. The Morgan fingerprint density at radius 2 is 1.96 bits per heavy atom. The van der Waals surface area contributed by atoms with Gasteiger partial charge in [0, 0.05) is 25.4 Å². The molecule has 3 heterocycles. The first kappa shape index (κ1) is 14.9. The van der Waals surface area contributed by atoms with Crippen LogP contribution < -0.4 is 5.32 Å². The van der Waals surface area contributed by atoms with E-state index < -0.39 is 0 Å². The predicted molar refractivity (Wildman–Crippen MR) is 91.2 cm³/mol. The molecule has 3 aromatic heterocycles. The Labute approximate surface area is 139 Å². The van der Waals surface area contributed by atoms with Crippen molar-refractivity contribution in [1.82, 2.24) is 24.5 Å². The summed E-state index contributed by atoms with van der Waals surface area (Å²) in [4.78, 5) is 17.5. The second-order valence-corrected chi connectivity index (χ2v) is 6.42. The maximum Gasteiger partial charge on any atom is 0.257 e. The van der Waals surface area contributed by atoms with E-state index in [0.717, 1.165) is 58.8 Å². The highest BCUT2D eigenvalue weighted by Gasteiger charge is 2.24. The zero-order valence-electron chi connectivity index (χ0n) is 14.3. The molecule has 3 aromatic rings. The van der Waals surface area contributed by atoms with Crippen molar-refractivity contribution in [3.05, 3.63) is 34.3 Å². The van der Waals surface area contributed by atoms with E-state index in [1.807, 2.05) is 34.0 Å². The number of amides is 1. The number of nitrogens with zero attached hydrogens (tertiary/aromatic N) is 5. The summed E-state index contributed by atoms with van der Waals surface area (Å²) < 4.78 is 3.49. The Bertz CT molecular complexity index is 981. The highest BCUT2D eigenvalue weighted by molar-refractivity contribution is 6.12. The average molecular weight is 324 g/mol. The first-order chi connectivity index (χ1) is 11.5. The van der Waals surface area contributed by atoms with Gasteiger partial charge >= 0.3 is 0 Å². The van der Waals surface area contributed by atoms with Gasteiger partial charge in [-0.1, -0.05) is 0 Å². The zero-order valence-corrected chi connectivity index (χ0v) is 14.3. The van der Waals surface area contributed by atoms with Crippen LogP contribution in [0.25, 0.3) is 11.0 Å². The second-order valence-electron chi connectivity index (χ2n) is 6.42. The maximum atomic E-state index is 13.0. The lowest BCUT2D eigenvalue weighted by Gasteiger charge is -2.09. The largest absolute Gasteiger partial charge is 0.307 e. The van der Waals surface area contributed by atoms with Crippen LogP contribution in [0.4, 0.5) is 5.82 Å². The summed E-state index contributed by atoms with van der Waals surface area (Å²) in [5.41, 5.74) is 5.20. The number of aromatic nitrogens is 5. The Morgan fingerprint density at radius 1 is 1.17 bits per heavy atom. The van der Waals surface area contributed by atoms with Crippen LogP contribution in [0.1, 0.15) is 39.4 Å². The van der Waals surface area contributed by atoms with Crippen LogP contribution in [0, 0.1) is 13.8 Å². The van der Waals surface area contributed by atoms with E-state index in [4.69, 9.17) is 0 Å². The minimum absolute atomic E-state index is 0.140. The molecule has 1 aliphatic rings. The molecule has 0 saturated carbocycles. The molecule has 0 radical (unpaired) electrons. The first-order valence-corrected chi connectivity index (χ1v) is 8.12. The van der Waals surface area contributed by atoms with Crippen molar-refractivity contribution in [2.24, 2.45) is 14.1 Å². The Balaban J connectivity index is 1.80. The third-order valence-electron chi connectivity index (χ3n) is 4.64. The number of aryl methyl sites for hydroxylation is 5. The maximum absolute atomic E-state index is 13.0. The quantitative estimate of drug-likeness (QED) is 0.783. The summed E-state index contributed by atoms with van der Waals surface area (Å²) in [6, 6.07) is 1.82. The van der Waals surface area contributed by atoms with Crippen LogP contribution >= 0.6 is 0 Å². The molecule has 0 spiro atoms. The zero-order chi connectivity index (χ0) is 17.0. The molecule has 1 aliphatic carbocycles. The number of hydrogen-bond acceptors (Lipinski definition) is 4. The highest BCUT2D eigenvalue weighted by Crippen LogP contribution is 2.29. The molecule has 4 rings (SSSR count). The van der Waals surface area contributed by atoms with E-state index in [-0.39, 0.29) is 5.91 Å². The normalized spacial score (nSPS) is 13.5. The highest BCUT2D eigenvalue weighted by atomic mass is 16.1. The fraction of sp³-hybridized carbons (Fsp3) is 0.412. The summed E-state index contributed by atoms with van der Waals surface area (Å²) in [5, 5.41) is 12.8. The molecular weight excluding hydrogens is 304 g/mol. The summed E-state index contributed by atoms with van der Waals surface area (Å²) in [6.45, 7) is 3.79. The van der Waals surface area contributed by atoms with E-state index in [1.165, 1.54) is 0 Å². The van der Waals surface area contributed by atoms with Gasteiger partial charge in [-0.3, -0.25) is 14.2 Å². The Hall–Kier alpha value is -2.70. The smallest absolute Gasteiger partial charge is 0.257 e. The predicted octanol–water partition coefficient (Wildman–Crippen LogP) is 2.06. The second kappa shape index (κ2) is 5.15. The van der Waals surface area contributed by atoms with Gasteiger partial charge < -0.3 is 5.32 Å². The van der Waals surface area contributed by atoms with Crippen LogP contribution in [-0.4, -0.2) is 30.5 Å². The molecule has 1 amide bonds. The summed E-state index contributed by atoms with van der Waals surface area (Å²) in [7, 11) is 3.72. The lowest BCUT2D eigenvalue weighted by molar-refractivity contribution is 0.102. The van der Waals surface area contributed by atoms with Gasteiger partial charge in [-0.2, -0.15) is 10.2 Å². The van der Waals surface area contributed by atoms with Gasteiger partial charge in [0.15, 0.2) is 5.65 Å². The van der Waals surface area contributed by atoms with E-state index >= 15 is 0 Å². The summed E-state index contributed by atoms with van der Waals surface area (Å²) in [5.74, 6) is 0.663. The van der Waals surface area contributed by atoms with E-state index in [9.17, 15) is 4.79 Å². The number of carbonyl (C=O) groups excluding carboxylic acids is 1. The molecule has 0 aromatic carbocycles. The van der Waals surface area contributed by atoms with Crippen LogP contribution in [0.5, 0.6) is 0 Å². The molecule has 0 bridgehead atoms. The van der Waals surface area contributed by atoms with Gasteiger partial charge in [0.05, 0.1) is 22.3 Å². The molecule has 24 heavy (non-hydrogen) atoms. The van der Waals surface area contributed by atoms with Crippen LogP contribution in [0.3, 0.4) is 0 Å². The third kappa shape index (κ3) is 2.11. The standard InChI is InChI=1S/C17H20N6O/c1-9-8-12(14-10(2)20-23(4)16(14)18-9)17(24)19-15-11-6-5-7-13(11)21-22(15)3/h8H,5-7H2,1-4H3,(H,19,24). The number of pyridine rings is 1. The molecular formula is C17H20N6O. The summed E-state index contributed by atoms with van der Waals surface area (Å²) in [6.07, 6.45) is 3.05. The number of rotatable bonds is 2. The number of carbonyl (C=O) groups is 1. The van der Waals surface area contributed by atoms with Crippen molar-refractivity contribution >= 4 is 22.8 Å². The lowest BCUT2D eigenvalue weighted by Crippen LogP contribution is -2.16. The van der Waals surface area contributed by atoms with Gasteiger partial charge in [0.1, 0.15) is 5.82 Å². The van der Waals surface area contributed by atoms with E-state index in [1.54, 1.807) is 9.36 Å². The van der Waals surface area contributed by atoms with Crippen LogP contribution in [0.2, 0.25) is 0 Å². The lowest BCUT2D eigenvalue weighted by atomic mass is 10.1. The van der Waals surface area contributed by atoms with Gasteiger partial charge in [-0.15, -0.1) is 0 Å². The topological polar surface area (TPSA) is 77.6 Å². The van der Waals surface area contributed by atoms with Gasteiger partial charge in [0.25, 0.3) is 5.91 Å². The van der Waals surface area contributed by atoms with E-state index in [2.05, 4.69) is 20.5 Å². The van der Waals surface area contributed by atoms with Crippen LogP contribution in [0.15, 0.2) is 6.07 Å². The SMILES string of the molecule is Cc1cc(C(=O)Nc2c3c(nn2C)CCC3)c2c(C)nn(C)c2n1. The van der Waals surface area contributed by atoms with Crippen molar-refractivity contribution in [1.29, 1.82) is 0 Å². The number of nitrogens with one attached hydrogen (secondary N) is 1. The molecule has 0 saturated heterocycles. The molecule has 1 N–H and O–H groups in total. The van der Waals surface area contributed by atoms with Gasteiger partial charge in [-0.05, 0) is 39.2 Å². The van der Waals surface area contributed by atoms with Crippen molar-refractivity contribution < 1.29 is 4.79 Å². The molecule has 124 valence electrons. The molecule has 7 heteroatoms. The van der Waals surface area contributed by atoms with Crippen molar-refractivity contribution in [2.45, 2.75) is 33.1 Å². The van der Waals surface area contributed by atoms with Gasteiger partial charge in [0.2, 0.25) is 0 Å². The number of fused-ring (bicyclic) bond motifs is 2. The van der Waals surface area contributed by atoms with E-state index in [0.29, 0.717) is 5.56 Å². The molecule has 0 atom stereocenters. The fourth-order valence-corrected chi connectivity index (χ4v) is 3.60. The van der Waals surface area contributed by atoms with Gasteiger partial charge in [-0.25, -0.2) is 4.98 Å². The first-order valence-electron chi connectivity index (χ1n) is 8.12. The average Bonchev–Trinajstić information content (AvgIpc) is 3.16. The molecule has 7 nitrogen and oxygen atoms in total. The molecule has 0 unspecified atom stereocenters. The van der Waals surface area contributed by atoms with Crippen molar-refractivity contribution in [2.75, 3.05) is 5.32 Å². The minimum Gasteiger partial charge on any atom is -0.307 e. The monoisotopic (exact) mass is 324 g/mol. The molecule has 0 aliphatic heterocycles. The molecule has 0 fully saturated rings. The summed E-state index contributed by atoms with van der Waals surface area (Å²) >= 11 is 0. The number of anilines is 1. The van der Waals surface area contributed by atoms with Crippen molar-refractivity contribution in [3.63, 3.8) is 0 Å². The fourth-order valence-electron chi connectivity index (χ4n) is 3.60. The van der Waals surface area contributed by atoms with Crippen LogP contribution in [-0.2, 0) is 26.9 Å².